The van der Waals surface area contributed by atoms with Crippen LogP contribution >= 0.6 is 0 Å². The van der Waals surface area contributed by atoms with Crippen molar-refractivity contribution >= 4 is 5.69 Å². The van der Waals surface area contributed by atoms with E-state index in [-0.39, 0.29) is 0 Å². The number of benzene rings is 1. The van der Waals surface area contributed by atoms with Crippen molar-refractivity contribution in [2.24, 2.45) is 0 Å². The number of methoxy groups -OCH3 is 1. The Balaban J connectivity index is 2.89. The molecule has 0 aliphatic heterocycles. The molecule has 13 heavy (non-hydrogen) atoms. The molecule has 0 unspecified atom stereocenters. The molecule has 0 saturated carbocycles. The smallest absolute Gasteiger partial charge is 0.0734 e. The second-order valence-corrected chi connectivity index (χ2v) is 2.90. The van der Waals surface area contributed by atoms with Crippen LogP contribution in [0.5, 0.6) is 0 Å². The van der Waals surface area contributed by atoms with E-state index in [1.54, 1.807) is 14.2 Å². The Morgan fingerprint density at radius 3 is 2.69 bits per heavy atom. The summed E-state index contributed by atoms with van der Waals surface area (Å²) in [6, 6.07) is 6.10. The topological polar surface area (TPSA) is 30.5 Å². The van der Waals surface area contributed by atoms with E-state index >= 15 is 0 Å². The number of hydrogen-bond acceptors (Lipinski definition) is 3. The number of ether oxygens (including phenoxy) is 1. The van der Waals surface area contributed by atoms with Gasteiger partial charge in [0.1, 0.15) is 0 Å². The van der Waals surface area contributed by atoms with Crippen LogP contribution in [0.25, 0.3) is 0 Å². The average molecular weight is 181 g/mol. The maximum Gasteiger partial charge on any atom is 0.0734 e. The minimum atomic E-state index is 0.589. The van der Waals surface area contributed by atoms with Crippen molar-refractivity contribution < 1.29 is 9.57 Å². The summed E-state index contributed by atoms with van der Waals surface area (Å²) in [5.74, 6) is 0. The standard InChI is InChI=1S/C10H15NO2/c1-8-4-5-9(7-12-2)10(6-8)11-13-3/h4-6,11H,7H2,1-3H3. The van der Waals surface area contributed by atoms with Crippen LogP contribution in [0.15, 0.2) is 18.2 Å². The molecule has 0 spiro atoms. The fourth-order valence-corrected chi connectivity index (χ4v) is 1.18. The highest BCUT2D eigenvalue weighted by atomic mass is 16.6. The normalized spacial score (nSPS) is 10.1. The van der Waals surface area contributed by atoms with E-state index in [1.165, 1.54) is 5.56 Å². The van der Waals surface area contributed by atoms with Gasteiger partial charge in [0, 0.05) is 12.7 Å². The number of rotatable bonds is 4. The number of hydrogen-bond donors (Lipinski definition) is 1. The van der Waals surface area contributed by atoms with Crippen LogP contribution in [0, 0.1) is 6.92 Å². The summed E-state index contributed by atoms with van der Waals surface area (Å²) in [6.07, 6.45) is 0. The Morgan fingerprint density at radius 1 is 1.31 bits per heavy atom. The lowest BCUT2D eigenvalue weighted by molar-refractivity contribution is 0.184. The molecular weight excluding hydrogens is 166 g/mol. The molecule has 0 radical (unpaired) electrons. The summed E-state index contributed by atoms with van der Waals surface area (Å²) < 4.78 is 5.06. The van der Waals surface area contributed by atoms with Gasteiger partial charge in [0.05, 0.1) is 19.4 Å². The fraction of sp³-hybridized carbons (Fsp3) is 0.400. The summed E-state index contributed by atoms with van der Waals surface area (Å²) in [7, 11) is 3.27. The van der Waals surface area contributed by atoms with Crippen LogP contribution < -0.4 is 5.48 Å². The van der Waals surface area contributed by atoms with E-state index in [0.717, 1.165) is 11.3 Å². The van der Waals surface area contributed by atoms with Crippen molar-refractivity contribution in [3.63, 3.8) is 0 Å². The van der Waals surface area contributed by atoms with E-state index in [2.05, 4.69) is 11.5 Å². The number of nitrogens with one attached hydrogen (secondary N) is 1. The lowest BCUT2D eigenvalue weighted by Crippen LogP contribution is -2.01. The van der Waals surface area contributed by atoms with Crippen LogP contribution in [0.3, 0.4) is 0 Å². The Hall–Kier alpha value is -1.06. The quantitative estimate of drug-likeness (QED) is 0.722. The monoisotopic (exact) mass is 181 g/mol. The molecule has 1 N–H and O–H groups in total. The van der Waals surface area contributed by atoms with Gasteiger partial charge >= 0.3 is 0 Å². The maximum atomic E-state index is 5.06. The molecule has 0 atom stereocenters. The third-order valence-corrected chi connectivity index (χ3v) is 1.78. The van der Waals surface area contributed by atoms with Gasteiger partial charge in [0.2, 0.25) is 0 Å². The molecule has 0 aliphatic rings. The molecule has 1 rings (SSSR count). The van der Waals surface area contributed by atoms with E-state index in [1.807, 2.05) is 19.1 Å². The lowest BCUT2D eigenvalue weighted by Gasteiger charge is -2.10. The van der Waals surface area contributed by atoms with Crippen molar-refractivity contribution in [2.75, 3.05) is 19.7 Å². The van der Waals surface area contributed by atoms with Gasteiger partial charge in [-0.1, -0.05) is 12.1 Å². The molecule has 1 aromatic rings. The molecule has 3 heteroatoms. The van der Waals surface area contributed by atoms with E-state index < -0.39 is 0 Å². The van der Waals surface area contributed by atoms with Crippen molar-refractivity contribution in [1.29, 1.82) is 0 Å². The van der Waals surface area contributed by atoms with Crippen molar-refractivity contribution in [3.05, 3.63) is 29.3 Å². The largest absolute Gasteiger partial charge is 0.380 e. The first-order chi connectivity index (χ1) is 6.27. The van der Waals surface area contributed by atoms with Gasteiger partial charge in [0.15, 0.2) is 0 Å². The zero-order valence-electron chi connectivity index (χ0n) is 8.26. The van der Waals surface area contributed by atoms with Crippen LogP contribution in [-0.4, -0.2) is 14.2 Å². The molecule has 0 aliphatic carbocycles. The SMILES string of the molecule is COCc1ccc(C)cc1NOC. The molecule has 3 nitrogen and oxygen atoms in total. The first kappa shape index (κ1) is 10.0. The Morgan fingerprint density at radius 2 is 2.08 bits per heavy atom. The van der Waals surface area contributed by atoms with Crippen molar-refractivity contribution in [1.82, 2.24) is 0 Å². The highest BCUT2D eigenvalue weighted by Gasteiger charge is 2.01. The van der Waals surface area contributed by atoms with Crippen LogP contribution in [0.2, 0.25) is 0 Å². The van der Waals surface area contributed by atoms with Gasteiger partial charge in [-0.25, -0.2) is 0 Å². The average Bonchev–Trinajstić information content (AvgIpc) is 2.10. The third kappa shape index (κ3) is 2.72. The van der Waals surface area contributed by atoms with Crippen molar-refractivity contribution in [2.45, 2.75) is 13.5 Å². The Labute approximate surface area is 78.6 Å². The highest BCUT2D eigenvalue weighted by Crippen LogP contribution is 2.18. The Bertz CT molecular complexity index is 274. The summed E-state index contributed by atoms with van der Waals surface area (Å²) in [5.41, 5.74) is 6.07. The van der Waals surface area contributed by atoms with Crippen LogP contribution in [-0.2, 0) is 16.2 Å². The predicted molar refractivity (Wildman–Crippen MR) is 52.5 cm³/mol. The molecular formula is C10H15NO2. The molecule has 1 aromatic carbocycles. The summed E-state index contributed by atoms with van der Waals surface area (Å²) in [6.45, 7) is 2.63. The third-order valence-electron chi connectivity index (χ3n) is 1.78. The van der Waals surface area contributed by atoms with Gasteiger partial charge in [-0.3, -0.25) is 10.3 Å². The predicted octanol–water partition coefficient (Wildman–Crippen LogP) is 2.11. The second-order valence-electron chi connectivity index (χ2n) is 2.90. The lowest BCUT2D eigenvalue weighted by atomic mass is 10.1. The summed E-state index contributed by atoms with van der Waals surface area (Å²) >= 11 is 0. The fourth-order valence-electron chi connectivity index (χ4n) is 1.18. The summed E-state index contributed by atoms with van der Waals surface area (Å²) in [5, 5.41) is 0. The maximum absolute atomic E-state index is 5.06. The van der Waals surface area contributed by atoms with E-state index in [0.29, 0.717) is 6.61 Å². The first-order valence-corrected chi connectivity index (χ1v) is 4.15. The minimum Gasteiger partial charge on any atom is -0.380 e. The Kier molecular flexibility index (Phi) is 3.73. The van der Waals surface area contributed by atoms with Gasteiger partial charge in [-0.05, 0) is 18.6 Å². The first-order valence-electron chi connectivity index (χ1n) is 4.15. The number of anilines is 1. The number of aryl methyl sites for hydroxylation is 1. The molecule has 0 saturated heterocycles. The van der Waals surface area contributed by atoms with Crippen LogP contribution in [0.4, 0.5) is 5.69 Å². The van der Waals surface area contributed by atoms with E-state index in [4.69, 9.17) is 9.57 Å². The zero-order chi connectivity index (χ0) is 9.68. The molecule has 0 aromatic heterocycles. The van der Waals surface area contributed by atoms with Crippen LogP contribution in [0.1, 0.15) is 11.1 Å². The molecule has 0 amide bonds. The summed E-state index contributed by atoms with van der Waals surface area (Å²) in [4.78, 5) is 4.86. The minimum absolute atomic E-state index is 0.589. The zero-order valence-corrected chi connectivity index (χ0v) is 8.26. The van der Waals surface area contributed by atoms with E-state index in [9.17, 15) is 0 Å². The van der Waals surface area contributed by atoms with Gasteiger partial charge in [-0.15, -0.1) is 0 Å². The molecule has 0 fully saturated rings. The second kappa shape index (κ2) is 4.84. The van der Waals surface area contributed by atoms with Gasteiger partial charge in [-0.2, -0.15) is 0 Å². The van der Waals surface area contributed by atoms with Gasteiger partial charge < -0.3 is 4.74 Å². The highest BCUT2D eigenvalue weighted by molar-refractivity contribution is 5.51. The molecule has 0 bridgehead atoms. The van der Waals surface area contributed by atoms with Gasteiger partial charge in [0.25, 0.3) is 0 Å². The molecule has 72 valence electrons. The molecule has 0 heterocycles. The van der Waals surface area contributed by atoms with Crippen molar-refractivity contribution in [3.8, 4) is 0 Å².